The van der Waals surface area contributed by atoms with Gasteiger partial charge in [0, 0.05) is 38.6 Å². The minimum Gasteiger partial charge on any atom is -0.385 e. The van der Waals surface area contributed by atoms with Gasteiger partial charge >= 0.3 is 0 Å². The van der Waals surface area contributed by atoms with Crippen LogP contribution in [0.15, 0.2) is 6.20 Å². The SMILES string of the molecule is COCCCc1ncc(CNCC(C)C)[nH]1. The molecular formula is C12H23N3O. The Labute approximate surface area is 97.8 Å². The van der Waals surface area contributed by atoms with E-state index in [4.69, 9.17) is 4.74 Å². The smallest absolute Gasteiger partial charge is 0.106 e. The van der Waals surface area contributed by atoms with Crippen molar-refractivity contribution in [3.8, 4) is 0 Å². The molecule has 0 spiro atoms. The highest BCUT2D eigenvalue weighted by atomic mass is 16.5. The van der Waals surface area contributed by atoms with Crippen molar-refractivity contribution in [1.82, 2.24) is 15.3 Å². The fourth-order valence-electron chi connectivity index (χ4n) is 1.50. The zero-order valence-electron chi connectivity index (χ0n) is 10.5. The van der Waals surface area contributed by atoms with E-state index in [9.17, 15) is 0 Å². The first-order chi connectivity index (χ1) is 7.72. The summed E-state index contributed by atoms with van der Waals surface area (Å²) in [7, 11) is 1.73. The zero-order chi connectivity index (χ0) is 11.8. The van der Waals surface area contributed by atoms with Crippen molar-refractivity contribution in [1.29, 1.82) is 0 Å². The summed E-state index contributed by atoms with van der Waals surface area (Å²) in [6.07, 6.45) is 3.89. The second-order valence-corrected chi connectivity index (χ2v) is 4.48. The summed E-state index contributed by atoms with van der Waals surface area (Å²) in [5.41, 5.74) is 1.16. The highest BCUT2D eigenvalue weighted by molar-refractivity contribution is 5.01. The number of ether oxygens (including phenoxy) is 1. The molecule has 0 aliphatic heterocycles. The van der Waals surface area contributed by atoms with E-state index in [1.807, 2.05) is 6.20 Å². The second-order valence-electron chi connectivity index (χ2n) is 4.48. The number of aromatic nitrogens is 2. The van der Waals surface area contributed by atoms with Gasteiger partial charge in [-0.15, -0.1) is 0 Å². The van der Waals surface area contributed by atoms with Gasteiger partial charge in [0.15, 0.2) is 0 Å². The monoisotopic (exact) mass is 225 g/mol. The molecule has 92 valence electrons. The van der Waals surface area contributed by atoms with E-state index in [0.717, 1.165) is 44.1 Å². The molecule has 0 fully saturated rings. The molecule has 1 aromatic rings. The third-order valence-corrected chi connectivity index (χ3v) is 2.31. The molecule has 1 heterocycles. The van der Waals surface area contributed by atoms with E-state index in [1.54, 1.807) is 7.11 Å². The molecule has 4 nitrogen and oxygen atoms in total. The Morgan fingerprint density at radius 3 is 3.00 bits per heavy atom. The van der Waals surface area contributed by atoms with Gasteiger partial charge in [0.25, 0.3) is 0 Å². The first kappa shape index (κ1) is 13.2. The average Bonchev–Trinajstić information content (AvgIpc) is 2.66. The standard InChI is InChI=1S/C12H23N3O/c1-10(2)7-13-8-11-9-14-12(15-11)5-4-6-16-3/h9-10,13H,4-8H2,1-3H3,(H,14,15). The maximum atomic E-state index is 5.01. The first-order valence-corrected chi connectivity index (χ1v) is 5.94. The molecule has 0 saturated heterocycles. The van der Waals surface area contributed by atoms with Gasteiger partial charge in [-0.3, -0.25) is 0 Å². The van der Waals surface area contributed by atoms with Crippen LogP contribution in [0.1, 0.15) is 31.8 Å². The molecular weight excluding hydrogens is 202 g/mol. The number of methoxy groups -OCH3 is 1. The minimum absolute atomic E-state index is 0.684. The van der Waals surface area contributed by atoms with Crippen LogP contribution in [0.2, 0.25) is 0 Å². The van der Waals surface area contributed by atoms with Crippen LogP contribution in [0, 0.1) is 5.92 Å². The summed E-state index contributed by atoms with van der Waals surface area (Å²) in [5.74, 6) is 1.74. The summed E-state index contributed by atoms with van der Waals surface area (Å²) >= 11 is 0. The van der Waals surface area contributed by atoms with Gasteiger partial charge in [0.2, 0.25) is 0 Å². The Kier molecular flexibility index (Phi) is 6.11. The van der Waals surface area contributed by atoms with Gasteiger partial charge in [0.1, 0.15) is 5.82 Å². The van der Waals surface area contributed by atoms with E-state index in [0.29, 0.717) is 5.92 Å². The van der Waals surface area contributed by atoms with Gasteiger partial charge in [-0.1, -0.05) is 13.8 Å². The molecule has 0 unspecified atom stereocenters. The van der Waals surface area contributed by atoms with Crippen LogP contribution in [0.3, 0.4) is 0 Å². The highest BCUT2D eigenvalue weighted by Gasteiger charge is 2.00. The Morgan fingerprint density at radius 2 is 2.31 bits per heavy atom. The van der Waals surface area contributed by atoms with Crippen molar-refractivity contribution in [3.05, 3.63) is 17.7 Å². The molecule has 0 aliphatic carbocycles. The third kappa shape index (κ3) is 5.28. The fourth-order valence-corrected chi connectivity index (χ4v) is 1.50. The van der Waals surface area contributed by atoms with E-state index in [-0.39, 0.29) is 0 Å². The van der Waals surface area contributed by atoms with E-state index >= 15 is 0 Å². The van der Waals surface area contributed by atoms with Gasteiger partial charge in [-0.05, 0) is 18.9 Å². The summed E-state index contributed by atoms with van der Waals surface area (Å²) in [6, 6.07) is 0. The predicted octanol–water partition coefficient (Wildman–Crippen LogP) is 1.73. The number of aryl methyl sites for hydroxylation is 1. The Bertz CT molecular complexity index is 284. The maximum absolute atomic E-state index is 5.01. The average molecular weight is 225 g/mol. The van der Waals surface area contributed by atoms with Crippen molar-refractivity contribution in [2.24, 2.45) is 5.92 Å². The lowest BCUT2D eigenvalue weighted by Crippen LogP contribution is -2.19. The lowest BCUT2D eigenvalue weighted by molar-refractivity contribution is 0.194. The van der Waals surface area contributed by atoms with Crippen LogP contribution in [0.4, 0.5) is 0 Å². The van der Waals surface area contributed by atoms with Crippen molar-refractivity contribution < 1.29 is 4.74 Å². The minimum atomic E-state index is 0.684. The molecule has 2 N–H and O–H groups in total. The maximum Gasteiger partial charge on any atom is 0.106 e. The molecule has 16 heavy (non-hydrogen) atoms. The lowest BCUT2D eigenvalue weighted by Gasteiger charge is -2.05. The number of hydrogen-bond acceptors (Lipinski definition) is 3. The summed E-state index contributed by atoms with van der Waals surface area (Å²) < 4.78 is 5.01. The van der Waals surface area contributed by atoms with Crippen LogP contribution in [-0.2, 0) is 17.7 Å². The number of nitrogens with zero attached hydrogens (tertiary/aromatic N) is 1. The Hall–Kier alpha value is -0.870. The van der Waals surface area contributed by atoms with Crippen molar-refractivity contribution in [2.45, 2.75) is 33.2 Å². The Morgan fingerprint density at radius 1 is 1.50 bits per heavy atom. The number of H-pyrrole nitrogens is 1. The van der Waals surface area contributed by atoms with Crippen LogP contribution in [0.5, 0.6) is 0 Å². The summed E-state index contributed by atoms with van der Waals surface area (Å²) in [6.45, 7) is 7.11. The van der Waals surface area contributed by atoms with Crippen LogP contribution in [-0.4, -0.2) is 30.2 Å². The lowest BCUT2D eigenvalue weighted by atomic mass is 10.2. The van der Waals surface area contributed by atoms with E-state index in [1.165, 1.54) is 0 Å². The molecule has 1 aromatic heterocycles. The molecule has 0 bridgehead atoms. The predicted molar refractivity (Wildman–Crippen MR) is 65.3 cm³/mol. The molecule has 0 radical (unpaired) electrons. The van der Waals surface area contributed by atoms with Crippen LogP contribution >= 0.6 is 0 Å². The molecule has 0 atom stereocenters. The number of hydrogen-bond donors (Lipinski definition) is 2. The molecule has 0 amide bonds. The van der Waals surface area contributed by atoms with Gasteiger partial charge in [0.05, 0.1) is 0 Å². The first-order valence-electron chi connectivity index (χ1n) is 5.94. The summed E-state index contributed by atoms with van der Waals surface area (Å²) in [5, 5.41) is 3.39. The highest BCUT2D eigenvalue weighted by Crippen LogP contribution is 2.00. The van der Waals surface area contributed by atoms with Crippen molar-refractivity contribution >= 4 is 0 Å². The van der Waals surface area contributed by atoms with Crippen molar-refractivity contribution in [2.75, 3.05) is 20.3 Å². The Balaban J connectivity index is 2.22. The number of aromatic amines is 1. The molecule has 0 saturated carbocycles. The number of imidazole rings is 1. The molecule has 0 aromatic carbocycles. The number of nitrogens with one attached hydrogen (secondary N) is 2. The van der Waals surface area contributed by atoms with Crippen LogP contribution < -0.4 is 5.32 Å². The van der Waals surface area contributed by atoms with Gasteiger partial charge in [-0.2, -0.15) is 0 Å². The van der Waals surface area contributed by atoms with Crippen molar-refractivity contribution in [3.63, 3.8) is 0 Å². The topological polar surface area (TPSA) is 49.9 Å². The number of rotatable bonds is 8. The molecule has 0 aliphatic rings. The third-order valence-electron chi connectivity index (χ3n) is 2.31. The fraction of sp³-hybridized carbons (Fsp3) is 0.750. The second kappa shape index (κ2) is 7.41. The quantitative estimate of drug-likeness (QED) is 0.662. The molecule has 4 heteroatoms. The molecule has 1 rings (SSSR count). The van der Waals surface area contributed by atoms with Crippen LogP contribution in [0.25, 0.3) is 0 Å². The van der Waals surface area contributed by atoms with E-state index < -0.39 is 0 Å². The van der Waals surface area contributed by atoms with Gasteiger partial charge in [-0.25, -0.2) is 4.98 Å². The van der Waals surface area contributed by atoms with Gasteiger partial charge < -0.3 is 15.0 Å². The largest absolute Gasteiger partial charge is 0.385 e. The van der Waals surface area contributed by atoms with E-state index in [2.05, 4.69) is 29.1 Å². The summed E-state index contributed by atoms with van der Waals surface area (Å²) in [4.78, 5) is 7.65. The normalized spacial score (nSPS) is 11.2. The zero-order valence-corrected chi connectivity index (χ0v) is 10.5.